The molecule has 2 aromatic rings. The quantitative estimate of drug-likeness (QED) is 0.206. The predicted molar refractivity (Wildman–Crippen MR) is 142 cm³/mol. The van der Waals surface area contributed by atoms with Crippen LogP contribution in [0.2, 0.25) is 0 Å². The highest BCUT2D eigenvalue weighted by molar-refractivity contribution is 7.48. The second-order valence-electron chi connectivity index (χ2n) is 10.2. The largest absolute Gasteiger partial charge is 0.496 e. The van der Waals surface area contributed by atoms with Crippen molar-refractivity contribution in [3.63, 3.8) is 0 Å². The number of unbranched alkanes of at least 4 members (excludes halogenated alkanes) is 2. The molecule has 0 N–H and O–H groups in total. The van der Waals surface area contributed by atoms with Gasteiger partial charge in [0.25, 0.3) is 0 Å². The molecule has 32 heavy (non-hydrogen) atoms. The summed E-state index contributed by atoms with van der Waals surface area (Å²) in [4.78, 5) is 12.5. The number of benzene rings is 2. The molecule has 0 aliphatic heterocycles. The highest BCUT2D eigenvalue weighted by atomic mass is 31.1. The SMILES string of the molecule is CCCCCC(CC)(Pc1ccc(C)cc1C(C)=O)c1cc(C(C)(C)C)cc(C)c1OC. The minimum atomic E-state index is -0.0496. The highest BCUT2D eigenvalue weighted by Gasteiger charge is 2.36. The van der Waals surface area contributed by atoms with Gasteiger partial charge >= 0.3 is 0 Å². The number of rotatable bonds is 10. The van der Waals surface area contributed by atoms with Gasteiger partial charge in [0.2, 0.25) is 0 Å². The van der Waals surface area contributed by atoms with E-state index in [-0.39, 0.29) is 16.4 Å². The molecule has 0 saturated heterocycles. The molecule has 0 fully saturated rings. The topological polar surface area (TPSA) is 26.3 Å². The standard InChI is InChI=1S/C29H43O2P/c1-10-12-13-16-29(11-2,32-26-15-14-20(3)17-24(26)22(5)30)25-19-23(28(6,7)8)18-21(4)27(25)31-9/h14-15,17-19,32H,10-13,16H2,1-9H3. The molecule has 0 heterocycles. The van der Waals surface area contributed by atoms with Crippen LogP contribution in [-0.2, 0) is 10.6 Å². The number of ether oxygens (including phenoxy) is 1. The molecule has 0 aliphatic carbocycles. The Balaban J connectivity index is 2.76. The summed E-state index contributed by atoms with van der Waals surface area (Å²) >= 11 is 0. The maximum absolute atomic E-state index is 12.5. The average Bonchev–Trinajstić information content (AvgIpc) is 2.72. The number of methoxy groups -OCH3 is 1. The Morgan fingerprint density at radius 2 is 1.72 bits per heavy atom. The fourth-order valence-electron chi connectivity index (χ4n) is 4.55. The van der Waals surface area contributed by atoms with Gasteiger partial charge in [-0.25, -0.2) is 0 Å². The van der Waals surface area contributed by atoms with Crippen LogP contribution in [0.4, 0.5) is 0 Å². The van der Waals surface area contributed by atoms with E-state index in [1.165, 1.54) is 41.3 Å². The summed E-state index contributed by atoms with van der Waals surface area (Å²) in [5.41, 5.74) is 5.94. The lowest BCUT2D eigenvalue weighted by Gasteiger charge is -2.37. The zero-order chi connectivity index (χ0) is 24.1. The van der Waals surface area contributed by atoms with E-state index in [1.807, 2.05) is 0 Å². The van der Waals surface area contributed by atoms with E-state index < -0.39 is 0 Å². The summed E-state index contributed by atoms with van der Waals surface area (Å²) in [6, 6.07) is 11.1. The van der Waals surface area contributed by atoms with E-state index in [4.69, 9.17) is 4.74 Å². The Bertz CT molecular complexity index is 939. The summed E-state index contributed by atoms with van der Waals surface area (Å²) in [6.45, 7) is 17.3. The Labute approximate surface area is 198 Å². The van der Waals surface area contributed by atoms with Gasteiger partial charge in [-0.15, -0.1) is 0 Å². The van der Waals surface area contributed by atoms with Crippen molar-refractivity contribution in [3.8, 4) is 5.75 Å². The van der Waals surface area contributed by atoms with Crippen molar-refractivity contribution >= 4 is 19.7 Å². The number of hydrogen-bond donors (Lipinski definition) is 0. The van der Waals surface area contributed by atoms with Crippen LogP contribution < -0.4 is 10.0 Å². The van der Waals surface area contributed by atoms with Gasteiger partial charge < -0.3 is 4.74 Å². The normalized spacial score (nSPS) is 14.0. The average molecular weight is 455 g/mol. The fraction of sp³-hybridized carbons (Fsp3) is 0.552. The summed E-state index contributed by atoms with van der Waals surface area (Å²) in [6.07, 6.45) is 5.72. The van der Waals surface area contributed by atoms with Gasteiger partial charge in [-0.2, -0.15) is 0 Å². The molecule has 2 atom stereocenters. The first-order valence-electron chi connectivity index (χ1n) is 12.1. The lowest BCUT2D eigenvalue weighted by Crippen LogP contribution is -2.27. The van der Waals surface area contributed by atoms with Crippen LogP contribution in [0, 0.1) is 13.8 Å². The first-order chi connectivity index (χ1) is 15.0. The maximum Gasteiger partial charge on any atom is 0.160 e. The maximum atomic E-state index is 12.5. The van der Waals surface area contributed by atoms with Gasteiger partial charge in [0.1, 0.15) is 5.75 Å². The van der Waals surface area contributed by atoms with E-state index in [0.717, 1.165) is 29.7 Å². The molecule has 0 amide bonds. The van der Waals surface area contributed by atoms with Crippen LogP contribution in [0.1, 0.15) is 106 Å². The molecule has 0 spiro atoms. The lowest BCUT2D eigenvalue weighted by atomic mass is 9.80. The predicted octanol–water partition coefficient (Wildman–Crippen LogP) is 8.00. The Morgan fingerprint density at radius 3 is 2.25 bits per heavy atom. The summed E-state index contributed by atoms with van der Waals surface area (Å²) in [7, 11) is 2.31. The van der Waals surface area contributed by atoms with E-state index in [9.17, 15) is 4.79 Å². The van der Waals surface area contributed by atoms with E-state index in [1.54, 1.807) is 14.0 Å². The smallest absolute Gasteiger partial charge is 0.160 e. The minimum Gasteiger partial charge on any atom is -0.496 e. The highest BCUT2D eigenvalue weighted by Crippen LogP contribution is 2.53. The second-order valence-corrected chi connectivity index (χ2v) is 12.0. The van der Waals surface area contributed by atoms with Crippen LogP contribution in [0.3, 0.4) is 0 Å². The fourth-order valence-corrected chi connectivity index (χ4v) is 6.41. The first kappa shape index (κ1) is 26.6. The summed E-state index contributed by atoms with van der Waals surface area (Å²) < 4.78 is 6.03. The lowest BCUT2D eigenvalue weighted by molar-refractivity contribution is 0.101. The molecule has 0 saturated carbocycles. The van der Waals surface area contributed by atoms with Crippen LogP contribution in [0.5, 0.6) is 5.75 Å². The zero-order valence-electron chi connectivity index (χ0n) is 21.7. The van der Waals surface area contributed by atoms with Gasteiger partial charge in [-0.05, 0) is 61.5 Å². The number of carbonyl (C=O) groups is 1. The third-order valence-electron chi connectivity index (χ3n) is 6.60. The number of aryl methyl sites for hydroxylation is 2. The van der Waals surface area contributed by atoms with Crippen molar-refractivity contribution in [2.24, 2.45) is 0 Å². The molecule has 3 heteroatoms. The molecule has 176 valence electrons. The summed E-state index contributed by atoms with van der Waals surface area (Å²) in [5, 5.41) is 1.13. The van der Waals surface area contributed by atoms with Crippen LogP contribution >= 0.6 is 8.58 Å². The third kappa shape index (κ3) is 6.02. The zero-order valence-corrected chi connectivity index (χ0v) is 22.7. The molecule has 2 nitrogen and oxygen atoms in total. The number of carbonyl (C=O) groups excluding carboxylic acids is 1. The van der Waals surface area contributed by atoms with Gasteiger partial charge in [0, 0.05) is 16.3 Å². The Kier molecular flexibility index (Phi) is 9.12. The van der Waals surface area contributed by atoms with Crippen molar-refractivity contribution in [1.29, 1.82) is 0 Å². The van der Waals surface area contributed by atoms with Crippen molar-refractivity contribution in [2.45, 2.75) is 98.1 Å². The number of ketones is 1. The van der Waals surface area contributed by atoms with Gasteiger partial charge in [0.15, 0.2) is 5.78 Å². The van der Waals surface area contributed by atoms with Crippen LogP contribution in [-0.4, -0.2) is 12.9 Å². The molecule has 2 rings (SSSR count). The van der Waals surface area contributed by atoms with Crippen LogP contribution in [0.25, 0.3) is 0 Å². The number of Topliss-reactive ketones (excluding diaryl/α,β-unsaturated/α-hetero) is 1. The van der Waals surface area contributed by atoms with Crippen molar-refractivity contribution < 1.29 is 9.53 Å². The number of hydrogen-bond acceptors (Lipinski definition) is 2. The van der Waals surface area contributed by atoms with E-state index in [2.05, 4.69) is 78.8 Å². The van der Waals surface area contributed by atoms with E-state index >= 15 is 0 Å². The molecule has 0 bridgehead atoms. The molecule has 2 unspecified atom stereocenters. The van der Waals surface area contributed by atoms with Crippen molar-refractivity contribution in [2.75, 3.05) is 7.11 Å². The van der Waals surface area contributed by atoms with Crippen molar-refractivity contribution in [3.05, 3.63) is 58.1 Å². The summed E-state index contributed by atoms with van der Waals surface area (Å²) in [5.74, 6) is 1.17. The Hall–Kier alpha value is -1.66. The Morgan fingerprint density at radius 1 is 1.03 bits per heavy atom. The van der Waals surface area contributed by atoms with Gasteiger partial charge in [0.05, 0.1) is 7.11 Å². The van der Waals surface area contributed by atoms with E-state index in [0.29, 0.717) is 8.58 Å². The molecule has 0 aliphatic rings. The second kappa shape index (κ2) is 11.0. The molecular weight excluding hydrogens is 411 g/mol. The monoisotopic (exact) mass is 454 g/mol. The minimum absolute atomic E-state index is 0.0496. The molecule has 0 aromatic heterocycles. The molecular formula is C29H43O2P. The van der Waals surface area contributed by atoms with Crippen LogP contribution in [0.15, 0.2) is 30.3 Å². The first-order valence-corrected chi connectivity index (χ1v) is 13.1. The third-order valence-corrected chi connectivity index (χ3v) is 8.66. The van der Waals surface area contributed by atoms with Gasteiger partial charge in [-0.3, -0.25) is 4.79 Å². The molecule has 0 radical (unpaired) electrons. The molecule has 2 aromatic carbocycles. The van der Waals surface area contributed by atoms with Crippen molar-refractivity contribution in [1.82, 2.24) is 0 Å². The van der Waals surface area contributed by atoms with Gasteiger partial charge in [-0.1, -0.05) is 92.3 Å².